The van der Waals surface area contributed by atoms with Crippen molar-refractivity contribution in [2.75, 3.05) is 25.1 Å². The fraction of sp³-hybridized carbons (Fsp3) is 0.360. The van der Waals surface area contributed by atoms with E-state index < -0.39 is 0 Å². The highest BCUT2D eigenvalue weighted by Gasteiger charge is 2.27. The van der Waals surface area contributed by atoms with Crippen molar-refractivity contribution >= 4 is 17.4 Å². The molecular formula is C25H28ClN7O2. The molecule has 0 aliphatic carbocycles. The van der Waals surface area contributed by atoms with Crippen LogP contribution >= 0.6 is 11.6 Å². The highest BCUT2D eigenvalue weighted by atomic mass is 35.5. The zero-order chi connectivity index (χ0) is 24.5. The van der Waals surface area contributed by atoms with Crippen LogP contribution in [0, 0.1) is 20.8 Å². The van der Waals surface area contributed by atoms with Gasteiger partial charge in [-0.2, -0.15) is 5.10 Å². The van der Waals surface area contributed by atoms with Gasteiger partial charge in [0.2, 0.25) is 0 Å². The van der Waals surface area contributed by atoms with Crippen LogP contribution in [0.1, 0.15) is 34.7 Å². The lowest BCUT2D eigenvalue weighted by Crippen LogP contribution is -2.19. The maximum Gasteiger partial charge on any atom is 0.163 e. The summed E-state index contributed by atoms with van der Waals surface area (Å²) in [7, 11) is 1.93. The quantitative estimate of drug-likeness (QED) is 0.343. The Kier molecular flexibility index (Phi) is 6.44. The molecule has 0 bridgehead atoms. The van der Waals surface area contributed by atoms with Crippen LogP contribution in [0.4, 0.5) is 5.82 Å². The van der Waals surface area contributed by atoms with Gasteiger partial charge in [-0.3, -0.25) is 5.10 Å². The first kappa shape index (κ1) is 23.3. The molecule has 0 fully saturated rings. The fourth-order valence-electron chi connectivity index (χ4n) is 4.42. The van der Waals surface area contributed by atoms with Crippen molar-refractivity contribution in [3.8, 4) is 28.4 Å². The third-order valence-corrected chi connectivity index (χ3v) is 6.56. The topological polar surface area (TPSA) is 105 Å². The lowest BCUT2D eigenvalue weighted by atomic mass is 10.0. The second kappa shape index (κ2) is 9.67. The molecule has 0 atom stereocenters. The van der Waals surface area contributed by atoms with Crippen LogP contribution in [-0.2, 0) is 13.1 Å². The van der Waals surface area contributed by atoms with Crippen molar-refractivity contribution in [2.45, 2.75) is 40.3 Å². The van der Waals surface area contributed by atoms with E-state index in [0.29, 0.717) is 41.9 Å². The molecule has 1 aromatic carbocycles. The Morgan fingerprint density at radius 3 is 2.80 bits per heavy atom. The number of aryl methyl sites for hydroxylation is 2. The van der Waals surface area contributed by atoms with Crippen molar-refractivity contribution < 1.29 is 9.26 Å². The summed E-state index contributed by atoms with van der Waals surface area (Å²) in [5.74, 6) is 2.81. The summed E-state index contributed by atoms with van der Waals surface area (Å²) >= 11 is 6.66. The van der Waals surface area contributed by atoms with E-state index in [9.17, 15) is 0 Å². The molecule has 4 aromatic rings. The highest BCUT2D eigenvalue weighted by Crippen LogP contribution is 2.38. The molecule has 5 rings (SSSR count). The van der Waals surface area contributed by atoms with E-state index in [1.165, 1.54) is 5.56 Å². The van der Waals surface area contributed by atoms with Crippen molar-refractivity contribution in [1.82, 2.24) is 30.6 Å². The molecule has 182 valence electrons. The van der Waals surface area contributed by atoms with Crippen LogP contribution in [0.3, 0.4) is 0 Å². The molecule has 1 aliphatic heterocycles. The number of nitrogens with zero attached hydrogens (tertiary/aromatic N) is 5. The predicted molar refractivity (Wildman–Crippen MR) is 135 cm³/mol. The van der Waals surface area contributed by atoms with Crippen LogP contribution in [0.15, 0.2) is 28.9 Å². The molecule has 10 heteroatoms. The van der Waals surface area contributed by atoms with Crippen molar-refractivity contribution in [3.63, 3.8) is 0 Å². The number of hydrogen-bond acceptors (Lipinski definition) is 8. The first-order chi connectivity index (χ1) is 17.0. The number of ether oxygens (including phenoxy) is 1. The van der Waals surface area contributed by atoms with E-state index in [4.69, 9.17) is 30.8 Å². The summed E-state index contributed by atoms with van der Waals surface area (Å²) in [5.41, 5.74) is 6.37. The van der Waals surface area contributed by atoms with Crippen molar-refractivity contribution in [1.29, 1.82) is 0 Å². The van der Waals surface area contributed by atoms with Gasteiger partial charge >= 0.3 is 0 Å². The number of anilines is 1. The van der Waals surface area contributed by atoms with E-state index in [1.54, 1.807) is 0 Å². The van der Waals surface area contributed by atoms with E-state index in [1.807, 2.05) is 52.2 Å². The molecule has 0 spiro atoms. The van der Waals surface area contributed by atoms with E-state index in [2.05, 4.69) is 25.6 Å². The Bertz CT molecular complexity index is 1320. The molecule has 0 saturated heterocycles. The van der Waals surface area contributed by atoms with Gasteiger partial charge < -0.3 is 19.5 Å². The summed E-state index contributed by atoms with van der Waals surface area (Å²) in [4.78, 5) is 12.2. The molecule has 35 heavy (non-hydrogen) atoms. The van der Waals surface area contributed by atoms with Gasteiger partial charge in [-0.15, -0.1) is 0 Å². The molecule has 0 unspecified atom stereocenters. The maximum absolute atomic E-state index is 6.66. The molecule has 0 amide bonds. The number of hydrogen-bond donors (Lipinski definition) is 2. The van der Waals surface area contributed by atoms with Gasteiger partial charge in [0.15, 0.2) is 5.82 Å². The largest absolute Gasteiger partial charge is 0.494 e. The number of H-pyrrole nitrogens is 1. The minimum absolute atomic E-state index is 0.528. The second-order valence-corrected chi connectivity index (χ2v) is 9.13. The lowest BCUT2D eigenvalue weighted by molar-refractivity contribution is 0.310. The number of rotatable bonds is 8. The monoisotopic (exact) mass is 493 g/mol. The van der Waals surface area contributed by atoms with E-state index in [-0.39, 0.29) is 0 Å². The Morgan fingerprint density at radius 1 is 1.20 bits per heavy atom. The SMILES string of the molecule is CNCCCOc1ccc(Cl)c(-c2nc(-c3c(C)noc3C)c(C)c(N3Cc4cn[nH]c4C3)n2)c1. The summed E-state index contributed by atoms with van der Waals surface area (Å²) in [6, 6.07) is 5.61. The highest BCUT2D eigenvalue weighted by molar-refractivity contribution is 6.33. The normalized spacial score (nSPS) is 12.9. The number of fused-ring (bicyclic) bond motifs is 1. The number of aromatic amines is 1. The molecule has 1 aliphatic rings. The standard InChI is InChI=1S/C25H28ClN7O2/c1-14-23(22-15(2)32-35-16(22)3)29-24(30-25(14)33-12-17-11-28-31-21(17)13-33)19-10-18(6-7-20(19)26)34-9-5-8-27-4/h6-7,10-11,27H,5,8-9,12-13H2,1-4H3,(H,28,31). The molecule has 9 nitrogen and oxygen atoms in total. The fourth-order valence-corrected chi connectivity index (χ4v) is 4.62. The van der Waals surface area contributed by atoms with Crippen molar-refractivity contribution in [3.05, 3.63) is 57.7 Å². The Morgan fingerprint density at radius 2 is 2.06 bits per heavy atom. The van der Waals surface area contributed by atoms with Crippen LogP contribution in [0.5, 0.6) is 5.75 Å². The van der Waals surface area contributed by atoms with Crippen LogP contribution in [0.25, 0.3) is 22.6 Å². The van der Waals surface area contributed by atoms with Crippen LogP contribution in [-0.4, -0.2) is 45.5 Å². The summed E-state index contributed by atoms with van der Waals surface area (Å²) in [6.45, 7) is 8.75. The van der Waals surface area contributed by atoms with Crippen molar-refractivity contribution in [2.24, 2.45) is 0 Å². The van der Waals surface area contributed by atoms with Gasteiger partial charge in [-0.05, 0) is 59.0 Å². The molecule has 4 heterocycles. The summed E-state index contributed by atoms with van der Waals surface area (Å²) < 4.78 is 11.4. The minimum atomic E-state index is 0.528. The van der Waals surface area contributed by atoms with Crippen LogP contribution in [0.2, 0.25) is 5.02 Å². The zero-order valence-corrected chi connectivity index (χ0v) is 21.0. The third kappa shape index (κ3) is 4.49. The van der Waals surface area contributed by atoms with Gasteiger partial charge in [0.05, 0.1) is 47.0 Å². The van der Waals surface area contributed by atoms with Gasteiger partial charge in [-0.25, -0.2) is 9.97 Å². The van der Waals surface area contributed by atoms with E-state index >= 15 is 0 Å². The number of nitrogens with one attached hydrogen (secondary N) is 2. The Hall–Kier alpha value is -3.43. The van der Waals surface area contributed by atoms with Gasteiger partial charge in [0.25, 0.3) is 0 Å². The average molecular weight is 494 g/mol. The molecule has 2 N–H and O–H groups in total. The molecule has 0 saturated carbocycles. The predicted octanol–water partition coefficient (Wildman–Crippen LogP) is 4.61. The average Bonchev–Trinajstić information content (AvgIpc) is 3.54. The molecule has 3 aromatic heterocycles. The minimum Gasteiger partial charge on any atom is -0.494 e. The second-order valence-electron chi connectivity index (χ2n) is 8.72. The smallest absolute Gasteiger partial charge is 0.163 e. The molecular weight excluding hydrogens is 466 g/mol. The Labute approximate surface area is 208 Å². The van der Waals surface area contributed by atoms with Gasteiger partial charge in [0, 0.05) is 23.2 Å². The number of aromatic nitrogens is 5. The zero-order valence-electron chi connectivity index (χ0n) is 20.3. The van der Waals surface area contributed by atoms with Gasteiger partial charge in [-0.1, -0.05) is 16.8 Å². The first-order valence-corrected chi connectivity index (χ1v) is 12.0. The number of benzene rings is 1. The van der Waals surface area contributed by atoms with Gasteiger partial charge in [0.1, 0.15) is 17.3 Å². The first-order valence-electron chi connectivity index (χ1n) is 11.6. The maximum atomic E-state index is 6.66. The van der Waals surface area contributed by atoms with Crippen LogP contribution < -0.4 is 15.0 Å². The number of halogens is 1. The third-order valence-electron chi connectivity index (χ3n) is 6.23. The molecule has 0 radical (unpaired) electrons. The summed E-state index contributed by atoms with van der Waals surface area (Å²) in [6.07, 6.45) is 2.77. The summed E-state index contributed by atoms with van der Waals surface area (Å²) in [5, 5.41) is 15.1. The van der Waals surface area contributed by atoms with E-state index in [0.717, 1.165) is 52.7 Å². The Balaban J connectivity index is 1.60. The lowest BCUT2D eigenvalue weighted by Gasteiger charge is -2.22.